The van der Waals surface area contributed by atoms with E-state index in [4.69, 9.17) is 0 Å². The molecule has 0 aromatic heterocycles. The molecule has 0 amide bonds. The van der Waals surface area contributed by atoms with E-state index in [0.29, 0.717) is 18.9 Å². The number of benzene rings is 1. The molecule has 0 saturated heterocycles. The molecule has 1 atom stereocenters. The average molecular weight is 319 g/mol. The van der Waals surface area contributed by atoms with Gasteiger partial charge in [-0.25, -0.2) is 0 Å². The Balaban J connectivity index is 2.30. The maximum Gasteiger partial charge on any atom is 0.416 e. The zero-order valence-corrected chi connectivity index (χ0v) is 11.7. The first-order chi connectivity index (χ1) is 9.79. The molecule has 1 saturated carbocycles. The molecule has 1 fully saturated rings. The Morgan fingerprint density at radius 3 is 2.57 bits per heavy atom. The van der Waals surface area contributed by atoms with Crippen molar-refractivity contribution in [3.63, 3.8) is 0 Å². The molecule has 1 aromatic carbocycles. The summed E-state index contributed by atoms with van der Waals surface area (Å²) in [6, 6.07) is 2.41. The van der Waals surface area contributed by atoms with Gasteiger partial charge in [0.1, 0.15) is 5.78 Å². The summed E-state index contributed by atoms with van der Waals surface area (Å²) < 4.78 is 37.8. The summed E-state index contributed by atoms with van der Waals surface area (Å²) in [5.74, 6) is 0.000413. The molecule has 1 aliphatic rings. The van der Waals surface area contributed by atoms with E-state index in [9.17, 15) is 28.1 Å². The minimum Gasteiger partial charge on any atom is -0.298 e. The molecule has 4 nitrogen and oxygen atoms in total. The molecule has 2 rings (SSSR count). The van der Waals surface area contributed by atoms with Crippen LogP contribution in [0.15, 0.2) is 23.1 Å². The van der Waals surface area contributed by atoms with E-state index in [-0.39, 0.29) is 10.7 Å². The molecule has 0 heterocycles. The number of nitro groups is 1. The fourth-order valence-corrected chi connectivity index (χ4v) is 3.41. The molecule has 1 aromatic rings. The van der Waals surface area contributed by atoms with Gasteiger partial charge < -0.3 is 0 Å². The van der Waals surface area contributed by atoms with Crippen LogP contribution >= 0.6 is 11.8 Å². The second-order valence-electron chi connectivity index (χ2n) is 4.76. The third-order valence-corrected chi connectivity index (χ3v) is 4.63. The first kappa shape index (κ1) is 15.8. The van der Waals surface area contributed by atoms with Gasteiger partial charge in [-0.3, -0.25) is 14.9 Å². The van der Waals surface area contributed by atoms with Crippen molar-refractivity contribution in [1.29, 1.82) is 0 Å². The molecule has 8 heteroatoms. The summed E-state index contributed by atoms with van der Waals surface area (Å²) in [7, 11) is 0. The van der Waals surface area contributed by atoms with Crippen molar-refractivity contribution < 1.29 is 22.9 Å². The van der Waals surface area contributed by atoms with Gasteiger partial charge in [-0.15, -0.1) is 11.8 Å². The van der Waals surface area contributed by atoms with Crippen LogP contribution < -0.4 is 0 Å². The van der Waals surface area contributed by atoms with Gasteiger partial charge in [0.15, 0.2) is 0 Å². The number of Topliss-reactive ketones (excluding diaryl/α,β-unsaturated/α-hetero) is 1. The molecular formula is C13H12F3NO3S. The SMILES string of the molecule is O=C1CCCCC1Sc1ccc(C(F)(F)F)cc1[N+](=O)[O-]. The Kier molecular flexibility index (Phi) is 4.55. The van der Waals surface area contributed by atoms with Crippen LogP contribution in [0.5, 0.6) is 0 Å². The molecule has 1 unspecified atom stereocenters. The number of halogens is 3. The second kappa shape index (κ2) is 6.05. The molecule has 21 heavy (non-hydrogen) atoms. The molecule has 0 aliphatic heterocycles. The van der Waals surface area contributed by atoms with E-state index < -0.39 is 27.6 Å². The quantitative estimate of drug-likeness (QED) is 0.618. The van der Waals surface area contributed by atoms with Crippen molar-refractivity contribution >= 4 is 23.2 Å². The molecule has 0 spiro atoms. The van der Waals surface area contributed by atoms with Crippen molar-refractivity contribution in [2.24, 2.45) is 0 Å². The number of ketones is 1. The van der Waals surface area contributed by atoms with Gasteiger partial charge >= 0.3 is 6.18 Å². The van der Waals surface area contributed by atoms with Crippen LogP contribution in [0.4, 0.5) is 18.9 Å². The number of alkyl halides is 3. The second-order valence-corrected chi connectivity index (χ2v) is 6.00. The van der Waals surface area contributed by atoms with E-state index in [1.807, 2.05) is 0 Å². The summed E-state index contributed by atoms with van der Waals surface area (Å²) in [5.41, 5.74) is -1.67. The fraction of sp³-hybridized carbons (Fsp3) is 0.462. The Morgan fingerprint density at radius 2 is 2.00 bits per heavy atom. The molecule has 0 N–H and O–H groups in total. The van der Waals surface area contributed by atoms with Crippen LogP contribution in [-0.4, -0.2) is 16.0 Å². The van der Waals surface area contributed by atoms with E-state index in [0.717, 1.165) is 36.7 Å². The van der Waals surface area contributed by atoms with Crippen LogP contribution in [0.2, 0.25) is 0 Å². The number of hydrogen-bond donors (Lipinski definition) is 0. The first-order valence-corrected chi connectivity index (χ1v) is 7.22. The molecular weight excluding hydrogens is 307 g/mol. The number of nitro benzene ring substituents is 1. The van der Waals surface area contributed by atoms with Crippen LogP contribution in [0.25, 0.3) is 0 Å². The summed E-state index contributed by atoms with van der Waals surface area (Å²) in [4.78, 5) is 22.0. The number of carbonyl (C=O) groups excluding carboxylic acids is 1. The summed E-state index contributed by atoms with van der Waals surface area (Å²) >= 11 is 0.988. The van der Waals surface area contributed by atoms with Gasteiger partial charge in [-0.1, -0.05) is 6.42 Å². The molecule has 1 aliphatic carbocycles. The topological polar surface area (TPSA) is 60.2 Å². The summed E-state index contributed by atoms with van der Waals surface area (Å²) in [6.45, 7) is 0. The van der Waals surface area contributed by atoms with Gasteiger partial charge in [0.2, 0.25) is 0 Å². The van der Waals surface area contributed by atoms with E-state index in [2.05, 4.69) is 0 Å². The minimum atomic E-state index is -4.63. The van der Waals surface area contributed by atoms with Gasteiger partial charge in [-0.05, 0) is 25.0 Å². The zero-order valence-electron chi connectivity index (χ0n) is 10.9. The van der Waals surface area contributed by atoms with Crippen molar-refractivity contribution in [1.82, 2.24) is 0 Å². The highest BCUT2D eigenvalue weighted by molar-refractivity contribution is 8.00. The van der Waals surface area contributed by atoms with Crippen LogP contribution in [0.3, 0.4) is 0 Å². The lowest BCUT2D eigenvalue weighted by Gasteiger charge is -2.19. The monoisotopic (exact) mass is 319 g/mol. The van der Waals surface area contributed by atoms with E-state index in [1.54, 1.807) is 0 Å². The Hall–Kier alpha value is -1.57. The molecule has 114 valence electrons. The highest BCUT2D eigenvalue weighted by Crippen LogP contribution is 2.40. The lowest BCUT2D eigenvalue weighted by atomic mass is 9.99. The predicted molar refractivity (Wildman–Crippen MR) is 71.2 cm³/mol. The maximum atomic E-state index is 12.6. The lowest BCUT2D eigenvalue weighted by molar-refractivity contribution is -0.388. The Bertz CT molecular complexity index is 574. The average Bonchev–Trinajstić information content (AvgIpc) is 2.40. The number of rotatable bonds is 3. The smallest absolute Gasteiger partial charge is 0.298 e. The third kappa shape index (κ3) is 3.75. The first-order valence-electron chi connectivity index (χ1n) is 6.34. The summed E-state index contributed by atoms with van der Waals surface area (Å²) in [6.07, 6.45) is -1.97. The molecule has 0 bridgehead atoms. The van der Waals surface area contributed by atoms with Crippen molar-refractivity contribution in [2.75, 3.05) is 0 Å². The number of hydrogen-bond acceptors (Lipinski definition) is 4. The van der Waals surface area contributed by atoms with Gasteiger partial charge in [0.25, 0.3) is 5.69 Å². The largest absolute Gasteiger partial charge is 0.416 e. The fourth-order valence-electron chi connectivity index (χ4n) is 2.16. The standard InChI is InChI=1S/C13H12F3NO3S/c14-13(15,16)8-5-6-11(9(7-8)17(19)20)21-12-4-2-1-3-10(12)18/h5-7,12H,1-4H2. The van der Waals surface area contributed by atoms with Crippen molar-refractivity contribution in [2.45, 2.75) is 42.0 Å². The normalized spacial score (nSPS) is 19.6. The minimum absolute atomic E-state index is 0.000413. The van der Waals surface area contributed by atoms with Crippen molar-refractivity contribution in [3.05, 3.63) is 33.9 Å². The summed E-state index contributed by atoms with van der Waals surface area (Å²) in [5, 5.41) is 10.6. The number of thioether (sulfide) groups is 1. The maximum absolute atomic E-state index is 12.6. The highest BCUT2D eigenvalue weighted by atomic mass is 32.2. The van der Waals surface area contributed by atoms with Gasteiger partial charge in [0, 0.05) is 12.5 Å². The Morgan fingerprint density at radius 1 is 1.29 bits per heavy atom. The third-order valence-electron chi connectivity index (χ3n) is 3.25. The highest BCUT2D eigenvalue weighted by Gasteiger charge is 2.34. The lowest BCUT2D eigenvalue weighted by Crippen LogP contribution is -2.21. The van der Waals surface area contributed by atoms with Crippen molar-refractivity contribution in [3.8, 4) is 0 Å². The van der Waals surface area contributed by atoms with E-state index in [1.165, 1.54) is 0 Å². The number of carbonyl (C=O) groups is 1. The van der Waals surface area contributed by atoms with E-state index >= 15 is 0 Å². The zero-order chi connectivity index (χ0) is 15.6. The van der Waals surface area contributed by atoms with Crippen LogP contribution in [-0.2, 0) is 11.0 Å². The van der Waals surface area contributed by atoms with Crippen LogP contribution in [0.1, 0.15) is 31.2 Å². The van der Waals surface area contributed by atoms with Crippen LogP contribution in [0, 0.1) is 10.1 Å². The van der Waals surface area contributed by atoms with Gasteiger partial charge in [-0.2, -0.15) is 13.2 Å². The molecule has 0 radical (unpaired) electrons. The van der Waals surface area contributed by atoms with Gasteiger partial charge in [0.05, 0.1) is 20.6 Å². The predicted octanol–water partition coefficient (Wildman–Crippen LogP) is 4.22. The number of nitrogens with zero attached hydrogens (tertiary/aromatic N) is 1. The Labute approximate surface area is 122 Å².